The SMILES string of the molecule is CCCCN1CCN(c2cc(NCC)ccc2C2CCC(C(C)(C)C)CC2)CC1.Cl. The van der Waals surface area contributed by atoms with Crippen LogP contribution < -0.4 is 10.2 Å². The molecular weight excluding hydrogens is 390 g/mol. The average molecular weight is 436 g/mol. The van der Waals surface area contributed by atoms with Crippen molar-refractivity contribution in [3.63, 3.8) is 0 Å². The van der Waals surface area contributed by atoms with Gasteiger partial charge in [-0.1, -0.05) is 40.2 Å². The molecule has 1 aromatic carbocycles. The maximum absolute atomic E-state index is 3.54. The molecule has 0 aromatic heterocycles. The van der Waals surface area contributed by atoms with Crippen LogP contribution in [0.25, 0.3) is 0 Å². The van der Waals surface area contributed by atoms with Crippen LogP contribution in [0.5, 0.6) is 0 Å². The van der Waals surface area contributed by atoms with Crippen molar-refractivity contribution >= 4 is 23.8 Å². The second-order valence-electron chi connectivity index (χ2n) is 10.4. The molecular formula is C26H46ClN3. The summed E-state index contributed by atoms with van der Waals surface area (Å²) in [6, 6.07) is 7.20. The average Bonchev–Trinajstić information content (AvgIpc) is 2.72. The van der Waals surface area contributed by atoms with Crippen LogP contribution in [0.15, 0.2) is 18.2 Å². The van der Waals surface area contributed by atoms with Crippen LogP contribution in [-0.4, -0.2) is 44.2 Å². The quantitative estimate of drug-likeness (QED) is 0.509. The molecule has 1 aromatic rings. The predicted molar refractivity (Wildman–Crippen MR) is 136 cm³/mol. The summed E-state index contributed by atoms with van der Waals surface area (Å²) in [6.07, 6.45) is 8.10. The van der Waals surface area contributed by atoms with Gasteiger partial charge in [-0.15, -0.1) is 12.4 Å². The highest BCUT2D eigenvalue weighted by Gasteiger charge is 2.32. The first-order chi connectivity index (χ1) is 13.9. The van der Waals surface area contributed by atoms with Crippen molar-refractivity contribution in [2.45, 2.75) is 79.1 Å². The number of unbranched alkanes of at least 4 members (excludes halogenated alkanes) is 1. The van der Waals surface area contributed by atoms with Gasteiger partial charge in [-0.3, -0.25) is 4.90 Å². The summed E-state index contributed by atoms with van der Waals surface area (Å²) in [5.41, 5.74) is 4.86. The number of hydrogen-bond acceptors (Lipinski definition) is 3. The zero-order chi connectivity index (χ0) is 20.9. The number of hydrogen-bond donors (Lipinski definition) is 1. The molecule has 2 fully saturated rings. The van der Waals surface area contributed by atoms with Gasteiger partial charge in [-0.05, 0) is 80.5 Å². The molecule has 1 aliphatic heterocycles. The summed E-state index contributed by atoms with van der Waals surface area (Å²) >= 11 is 0. The summed E-state index contributed by atoms with van der Waals surface area (Å²) in [6.45, 7) is 18.8. The number of nitrogens with zero attached hydrogens (tertiary/aromatic N) is 2. The van der Waals surface area contributed by atoms with Crippen LogP contribution >= 0.6 is 12.4 Å². The summed E-state index contributed by atoms with van der Waals surface area (Å²) < 4.78 is 0. The number of rotatable bonds is 7. The van der Waals surface area contributed by atoms with Crippen LogP contribution in [-0.2, 0) is 0 Å². The second kappa shape index (κ2) is 11.6. The van der Waals surface area contributed by atoms with Gasteiger partial charge in [0.2, 0.25) is 0 Å². The van der Waals surface area contributed by atoms with E-state index in [1.54, 1.807) is 5.56 Å². The molecule has 0 atom stereocenters. The summed E-state index contributed by atoms with van der Waals surface area (Å²) in [5.74, 6) is 1.61. The van der Waals surface area contributed by atoms with Crippen LogP contribution in [0.1, 0.15) is 84.6 Å². The zero-order valence-corrected chi connectivity index (χ0v) is 21.0. The molecule has 3 nitrogen and oxygen atoms in total. The van der Waals surface area contributed by atoms with Crippen molar-refractivity contribution in [1.82, 2.24) is 4.90 Å². The number of piperazine rings is 1. The summed E-state index contributed by atoms with van der Waals surface area (Å²) in [4.78, 5) is 5.33. The van der Waals surface area contributed by atoms with E-state index in [4.69, 9.17) is 0 Å². The Morgan fingerprint density at radius 2 is 1.63 bits per heavy atom. The van der Waals surface area contributed by atoms with Gasteiger partial charge in [-0.25, -0.2) is 0 Å². The summed E-state index contributed by atoms with van der Waals surface area (Å²) in [5, 5.41) is 3.54. The molecule has 0 bridgehead atoms. The van der Waals surface area contributed by atoms with E-state index in [9.17, 15) is 0 Å². The predicted octanol–water partition coefficient (Wildman–Crippen LogP) is 6.78. The van der Waals surface area contributed by atoms with E-state index in [2.05, 4.69) is 67.9 Å². The normalized spacial score (nSPS) is 23.2. The third-order valence-corrected chi connectivity index (χ3v) is 7.34. The highest BCUT2D eigenvalue weighted by molar-refractivity contribution is 5.85. The van der Waals surface area contributed by atoms with E-state index in [1.165, 1.54) is 82.6 Å². The molecule has 172 valence electrons. The standard InChI is InChI=1S/C26H45N3.ClH/c1-6-8-15-28-16-18-29(19-17-28)25-20-23(27-7-2)13-14-24(25)21-9-11-22(12-10-21)26(3,4)5;/h13-14,20-22,27H,6-12,15-19H2,1-5H3;1H. The minimum atomic E-state index is 0. The minimum Gasteiger partial charge on any atom is -0.385 e. The van der Waals surface area contributed by atoms with Crippen molar-refractivity contribution in [2.75, 3.05) is 49.5 Å². The Bertz CT molecular complexity index is 624. The van der Waals surface area contributed by atoms with E-state index in [0.29, 0.717) is 5.41 Å². The molecule has 0 radical (unpaired) electrons. The Labute approximate surface area is 192 Å². The Morgan fingerprint density at radius 1 is 0.967 bits per heavy atom. The molecule has 1 N–H and O–H groups in total. The third kappa shape index (κ3) is 6.53. The van der Waals surface area contributed by atoms with E-state index in [0.717, 1.165) is 18.4 Å². The molecule has 3 rings (SSSR count). The highest BCUT2D eigenvalue weighted by Crippen LogP contribution is 2.45. The smallest absolute Gasteiger partial charge is 0.0423 e. The Hall–Kier alpha value is -0.930. The fourth-order valence-corrected chi connectivity index (χ4v) is 5.34. The first kappa shape index (κ1) is 25.3. The lowest BCUT2D eigenvalue weighted by Gasteiger charge is -2.40. The molecule has 1 heterocycles. The first-order valence-corrected chi connectivity index (χ1v) is 12.3. The van der Waals surface area contributed by atoms with Crippen LogP contribution in [0, 0.1) is 11.3 Å². The number of halogens is 1. The molecule has 0 unspecified atom stereocenters. The number of nitrogens with one attached hydrogen (secondary N) is 1. The van der Waals surface area contributed by atoms with Gasteiger partial charge in [-0.2, -0.15) is 0 Å². The Morgan fingerprint density at radius 3 is 2.20 bits per heavy atom. The van der Waals surface area contributed by atoms with E-state index >= 15 is 0 Å². The molecule has 1 aliphatic carbocycles. The molecule has 2 aliphatic rings. The van der Waals surface area contributed by atoms with E-state index in [-0.39, 0.29) is 12.4 Å². The van der Waals surface area contributed by atoms with Crippen molar-refractivity contribution < 1.29 is 0 Å². The maximum Gasteiger partial charge on any atom is 0.0423 e. The van der Waals surface area contributed by atoms with Gasteiger partial charge in [0.05, 0.1) is 0 Å². The van der Waals surface area contributed by atoms with E-state index in [1.807, 2.05) is 0 Å². The van der Waals surface area contributed by atoms with Gasteiger partial charge in [0, 0.05) is 44.1 Å². The second-order valence-corrected chi connectivity index (χ2v) is 10.4. The molecule has 0 spiro atoms. The van der Waals surface area contributed by atoms with E-state index < -0.39 is 0 Å². The third-order valence-electron chi connectivity index (χ3n) is 7.34. The molecule has 30 heavy (non-hydrogen) atoms. The highest BCUT2D eigenvalue weighted by atomic mass is 35.5. The van der Waals surface area contributed by atoms with Crippen molar-refractivity contribution in [3.8, 4) is 0 Å². The Kier molecular flexibility index (Phi) is 9.81. The monoisotopic (exact) mass is 435 g/mol. The van der Waals surface area contributed by atoms with Crippen LogP contribution in [0.4, 0.5) is 11.4 Å². The number of anilines is 2. The van der Waals surface area contributed by atoms with Gasteiger partial charge >= 0.3 is 0 Å². The van der Waals surface area contributed by atoms with Crippen molar-refractivity contribution in [1.29, 1.82) is 0 Å². The van der Waals surface area contributed by atoms with Crippen molar-refractivity contribution in [3.05, 3.63) is 23.8 Å². The lowest BCUT2D eigenvalue weighted by molar-refractivity contribution is 0.169. The lowest BCUT2D eigenvalue weighted by atomic mass is 9.68. The van der Waals surface area contributed by atoms with Gasteiger partial charge in [0.15, 0.2) is 0 Å². The van der Waals surface area contributed by atoms with Gasteiger partial charge in [0.25, 0.3) is 0 Å². The maximum atomic E-state index is 3.54. The largest absolute Gasteiger partial charge is 0.385 e. The van der Waals surface area contributed by atoms with Gasteiger partial charge in [0.1, 0.15) is 0 Å². The molecule has 0 amide bonds. The fourth-order valence-electron chi connectivity index (χ4n) is 5.34. The summed E-state index contributed by atoms with van der Waals surface area (Å²) in [7, 11) is 0. The first-order valence-electron chi connectivity index (χ1n) is 12.3. The van der Waals surface area contributed by atoms with Gasteiger partial charge < -0.3 is 10.2 Å². The number of benzene rings is 1. The van der Waals surface area contributed by atoms with Crippen molar-refractivity contribution in [2.24, 2.45) is 11.3 Å². The zero-order valence-electron chi connectivity index (χ0n) is 20.2. The Balaban J connectivity index is 0.00000320. The lowest BCUT2D eigenvalue weighted by Crippen LogP contribution is -2.47. The fraction of sp³-hybridized carbons (Fsp3) is 0.769. The molecule has 1 saturated heterocycles. The van der Waals surface area contributed by atoms with Crippen LogP contribution in [0.2, 0.25) is 0 Å². The molecule has 1 saturated carbocycles. The molecule has 4 heteroatoms. The topological polar surface area (TPSA) is 18.5 Å². The van der Waals surface area contributed by atoms with Crippen LogP contribution in [0.3, 0.4) is 0 Å². The minimum absolute atomic E-state index is 0.